The van der Waals surface area contributed by atoms with Crippen molar-refractivity contribution >= 4 is 42.5 Å². The molecule has 0 aromatic heterocycles. The molecule has 0 amide bonds. The van der Waals surface area contributed by atoms with E-state index in [1.54, 1.807) is 0 Å². The van der Waals surface area contributed by atoms with Crippen LogP contribution in [0.1, 0.15) is 27.7 Å². The van der Waals surface area contributed by atoms with Gasteiger partial charge in [0.1, 0.15) is 15.0 Å². The fraction of sp³-hybridized carbons (Fsp3) is 1.00. The molecule has 1 rings (SSSR count). The first-order valence-electron chi connectivity index (χ1n) is 6.62. The summed E-state index contributed by atoms with van der Waals surface area (Å²) >= 11 is 7.13. The second-order valence-corrected chi connectivity index (χ2v) is 8.66. The Bertz CT molecular complexity index is 264. The molecule has 3 unspecified atom stereocenters. The second kappa shape index (κ2) is 7.15. The molecule has 0 spiro atoms. The van der Waals surface area contributed by atoms with Gasteiger partial charge in [-0.05, 0) is 27.7 Å². The van der Waals surface area contributed by atoms with Crippen LogP contribution in [0.5, 0.6) is 0 Å². The Morgan fingerprint density at radius 3 is 2.39 bits per heavy atom. The van der Waals surface area contributed by atoms with Gasteiger partial charge in [-0.2, -0.15) is 12.6 Å². The lowest BCUT2D eigenvalue weighted by molar-refractivity contribution is -0.0808. The molecule has 0 aromatic rings. The van der Waals surface area contributed by atoms with Crippen LogP contribution in [-0.2, 0) is 14.2 Å². The maximum Gasteiger partial charge on any atom is 0.157 e. The normalized spacial score (nSPS) is 36.6. The van der Waals surface area contributed by atoms with Gasteiger partial charge in [-0.15, -0.1) is 0 Å². The molecule has 1 aliphatic heterocycles. The zero-order chi connectivity index (χ0) is 13.9. The predicted molar refractivity (Wildman–Crippen MR) is 88.5 cm³/mol. The molecule has 1 heterocycles. The van der Waals surface area contributed by atoms with Gasteiger partial charge < -0.3 is 14.2 Å². The Kier molecular flexibility index (Phi) is 6.79. The van der Waals surface area contributed by atoms with Gasteiger partial charge in [0.2, 0.25) is 0 Å². The number of hydrogen-bond acceptors (Lipinski definition) is 4. The summed E-state index contributed by atoms with van der Waals surface area (Å²) in [7, 11) is 0.933. The van der Waals surface area contributed by atoms with Gasteiger partial charge in [0.25, 0.3) is 0 Å². The molecule has 0 N–H and O–H groups in total. The number of halogens is 1. The molecule has 0 saturated carbocycles. The van der Waals surface area contributed by atoms with Crippen LogP contribution in [0.3, 0.4) is 0 Å². The summed E-state index contributed by atoms with van der Waals surface area (Å²) in [5.41, 5.74) is 0. The van der Waals surface area contributed by atoms with Crippen LogP contribution in [-0.4, -0.2) is 47.1 Å². The summed E-state index contributed by atoms with van der Waals surface area (Å²) in [6, 6.07) is 0.103. The molecule has 3 nitrogen and oxygen atoms in total. The largest absolute Gasteiger partial charge is 0.376 e. The zero-order valence-electron chi connectivity index (χ0n) is 11.9. The minimum Gasteiger partial charge on any atom is -0.376 e. The van der Waals surface area contributed by atoms with Gasteiger partial charge in [0, 0.05) is 0 Å². The summed E-state index contributed by atoms with van der Waals surface area (Å²) in [5, 5.41) is 0. The molecule has 0 radical (unpaired) electrons. The molecule has 1 aliphatic rings. The van der Waals surface area contributed by atoms with Gasteiger partial charge in [-0.25, -0.2) is 0 Å². The molecule has 0 aliphatic carbocycles. The summed E-state index contributed by atoms with van der Waals surface area (Å²) in [4.78, 5) is 0. The van der Waals surface area contributed by atoms with E-state index < -0.39 is 0 Å². The highest BCUT2D eigenvalue weighted by atomic mass is 127. The number of thiol groups is 1. The van der Waals surface area contributed by atoms with Gasteiger partial charge in [-0.1, -0.05) is 29.4 Å². The molecule has 1 fully saturated rings. The summed E-state index contributed by atoms with van der Waals surface area (Å²) < 4.78 is 17.5. The van der Waals surface area contributed by atoms with Crippen LogP contribution in [0.25, 0.3) is 0 Å². The maximum atomic E-state index is 6.06. The van der Waals surface area contributed by atoms with Crippen molar-refractivity contribution in [2.45, 2.75) is 67.7 Å². The smallest absolute Gasteiger partial charge is 0.157 e. The Morgan fingerprint density at radius 2 is 1.94 bits per heavy atom. The van der Waals surface area contributed by atoms with Crippen molar-refractivity contribution in [3.63, 3.8) is 0 Å². The van der Waals surface area contributed by atoms with E-state index in [2.05, 4.69) is 29.4 Å². The summed E-state index contributed by atoms with van der Waals surface area (Å²) in [5.74, 6) is 0. The van der Waals surface area contributed by atoms with E-state index in [4.69, 9.17) is 26.8 Å². The van der Waals surface area contributed by atoms with E-state index in [9.17, 15) is 0 Å². The lowest BCUT2D eigenvalue weighted by Gasteiger charge is -2.30. The van der Waals surface area contributed by atoms with Crippen molar-refractivity contribution in [1.82, 2.24) is 0 Å². The number of hydrogen-bond donors (Lipinski definition) is 1. The van der Waals surface area contributed by atoms with E-state index in [1.165, 1.54) is 0 Å². The predicted octanol–water partition coefficient (Wildman–Crippen LogP) is 2.48. The van der Waals surface area contributed by atoms with Crippen molar-refractivity contribution in [3.8, 4) is 0 Å². The first kappa shape index (κ1) is 17.1. The standard InChI is InChI=1S/C12H24BIO3S/c1-7(2)15-6-9-10(16-8(3)4)12(14,18)11(13-5)17-9/h7-11,13,18H,6H2,1-5H3/t9?,10?,11?,12-/m1/s1. The maximum absolute atomic E-state index is 6.06. The topological polar surface area (TPSA) is 27.7 Å². The summed E-state index contributed by atoms with van der Waals surface area (Å²) in [6.45, 7) is 10.8. The van der Waals surface area contributed by atoms with Crippen LogP contribution in [0.4, 0.5) is 0 Å². The SMILES string of the molecule is CBC1OC(COC(C)C)C(OC(C)C)[C@]1(S)I. The molecule has 106 valence electrons. The number of rotatable bonds is 6. The second-order valence-electron chi connectivity index (χ2n) is 5.29. The monoisotopic (exact) mass is 386 g/mol. The quantitative estimate of drug-likeness (QED) is 0.329. The fourth-order valence-corrected chi connectivity index (χ4v) is 3.70. The molecular formula is C12H24BIO3S. The van der Waals surface area contributed by atoms with Gasteiger partial charge >= 0.3 is 0 Å². The lowest BCUT2D eigenvalue weighted by atomic mass is 9.73. The Balaban J connectivity index is 2.74. The highest BCUT2D eigenvalue weighted by Gasteiger charge is 2.53. The van der Waals surface area contributed by atoms with Crippen molar-refractivity contribution in [2.24, 2.45) is 0 Å². The van der Waals surface area contributed by atoms with Gasteiger partial charge in [0.15, 0.2) is 7.28 Å². The van der Waals surface area contributed by atoms with Gasteiger partial charge in [-0.3, -0.25) is 0 Å². The van der Waals surface area contributed by atoms with Crippen molar-refractivity contribution in [3.05, 3.63) is 0 Å². The fourth-order valence-electron chi connectivity index (χ4n) is 2.09. The van der Waals surface area contributed by atoms with E-state index in [0.717, 1.165) is 7.28 Å². The Morgan fingerprint density at radius 1 is 1.33 bits per heavy atom. The van der Waals surface area contributed by atoms with E-state index in [0.29, 0.717) is 6.61 Å². The van der Waals surface area contributed by atoms with Crippen LogP contribution in [0.15, 0.2) is 0 Å². The van der Waals surface area contributed by atoms with Crippen molar-refractivity contribution < 1.29 is 14.2 Å². The molecule has 0 aromatic carbocycles. The van der Waals surface area contributed by atoms with Gasteiger partial charge in [0.05, 0.1) is 24.8 Å². The first-order chi connectivity index (χ1) is 8.28. The van der Waals surface area contributed by atoms with E-state index >= 15 is 0 Å². The summed E-state index contributed by atoms with van der Waals surface area (Å²) in [6.07, 6.45) is 0.300. The molecule has 1 saturated heterocycles. The third-order valence-electron chi connectivity index (χ3n) is 2.91. The molecular weight excluding hydrogens is 362 g/mol. The highest BCUT2D eigenvalue weighted by molar-refractivity contribution is 14.1. The van der Waals surface area contributed by atoms with Crippen molar-refractivity contribution in [2.75, 3.05) is 6.61 Å². The van der Waals surface area contributed by atoms with Crippen LogP contribution in [0.2, 0.25) is 6.82 Å². The van der Waals surface area contributed by atoms with Crippen molar-refractivity contribution in [1.29, 1.82) is 0 Å². The minimum absolute atomic E-state index is 0.0332. The number of ether oxygens (including phenoxy) is 3. The third kappa shape index (κ3) is 4.26. The zero-order valence-corrected chi connectivity index (χ0v) is 14.9. The molecule has 6 heteroatoms. The highest BCUT2D eigenvalue weighted by Crippen LogP contribution is 2.44. The third-order valence-corrected chi connectivity index (χ3v) is 4.76. The van der Waals surface area contributed by atoms with Crippen LogP contribution < -0.4 is 0 Å². The average Bonchev–Trinajstić information content (AvgIpc) is 2.48. The Labute approximate surface area is 130 Å². The van der Waals surface area contributed by atoms with Crippen LogP contribution in [0, 0.1) is 0 Å². The lowest BCUT2D eigenvalue weighted by Crippen LogP contribution is -2.43. The first-order valence-corrected chi connectivity index (χ1v) is 8.15. The van der Waals surface area contributed by atoms with E-state index in [1.807, 2.05) is 27.7 Å². The molecule has 4 atom stereocenters. The molecule has 18 heavy (non-hydrogen) atoms. The average molecular weight is 386 g/mol. The van der Waals surface area contributed by atoms with E-state index in [-0.39, 0.29) is 33.2 Å². The minimum atomic E-state index is -0.290. The number of alkyl halides is 1. The van der Waals surface area contributed by atoms with Crippen LogP contribution >= 0.6 is 35.2 Å². The molecule has 0 bridgehead atoms. The Hall–Kier alpha value is 1.02.